The lowest BCUT2D eigenvalue weighted by Gasteiger charge is -2.32. The summed E-state index contributed by atoms with van der Waals surface area (Å²) in [7, 11) is 0. The number of hydrogen-bond donors (Lipinski definition) is 1. The van der Waals surface area contributed by atoms with Crippen LogP contribution in [0.1, 0.15) is 83.8 Å². The van der Waals surface area contributed by atoms with Crippen LogP contribution in [0.5, 0.6) is 0 Å². The summed E-state index contributed by atoms with van der Waals surface area (Å²) in [5.74, 6) is -2.30. The van der Waals surface area contributed by atoms with Crippen LogP contribution in [0.2, 0.25) is 0 Å². The number of halogens is 3. The molecule has 8 heteroatoms. The Morgan fingerprint density at radius 1 is 1.05 bits per heavy atom. The highest BCUT2D eigenvalue weighted by atomic mass is 19.3. The smallest absolute Gasteiger partial charge is 0.270 e. The Hall–Kier alpha value is -3.94. The summed E-state index contributed by atoms with van der Waals surface area (Å²) in [4.78, 5) is 20.0. The van der Waals surface area contributed by atoms with Gasteiger partial charge in [0, 0.05) is 48.2 Å². The van der Waals surface area contributed by atoms with Crippen LogP contribution in [-0.4, -0.2) is 39.2 Å². The summed E-state index contributed by atoms with van der Waals surface area (Å²) >= 11 is 0. The number of likely N-dealkylation sites (tertiary alicyclic amines) is 1. The Bertz CT molecular complexity index is 1560. The molecule has 4 aromatic rings. The van der Waals surface area contributed by atoms with Gasteiger partial charge in [0.15, 0.2) is 6.30 Å². The van der Waals surface area contributed by atoms with Gasteiger partial charge >= 0.3 is 0 Å². The van der Waals surface area contributed by atoms with Crippen molar-refractivity contribution in [1.29, 1.82) is 5.41 Å². The summed E-state index contributed by atoms with van der Waals surface area (Å²) in [5, 5.41) is 8.62. The third-order valence-electron chi connectivity index (χ3n) is 7.79. The molecule has 2 heterocycles. The molecule has 0 spiro atoms. The highest BCUT2D eigenvalue weighted by molar-refractivity contribution is 6.12. The van der Waals surface area contributed by atoms with Gasteiger partial charge in [0.2, 0.25) is 0 Å². The minimum Gasteiger partial charge on any atom is -0.339 e. The fraction of sp³-hybridized carbons (Fsp3) is 0.344. The van der Waals surface area contributed by atoms with Gasteiger partial charge in [-0.25, -0.2) is 18.2 Å². The molecule has 1 amide bonds. The van der Waals surface area contributed by atoms with Crippen molar-refractivity contribution in [1.82, 2.24) is 14.5 Å². The van der Waals surface area contributed by atoms with Crippen LogP contribution in [0, 0.1) is 12.3 Å². The minimum atomic E-state index is -2.99. The van der Waals surface area contributed by atoms with Crippen LogP contribution in [-0.2, 0) is 5.92 Å². The first-order valence-electron chi connectivity index (χ1n) is 13.7. The molecular formula is C32H33F3N4O. The number of nitrogens with zero attached hydrogens (tertiary/aromatic N) is 3. The van der Waals surface area contributed by atoms with Crippen LogP contribution >= 0.6 is 0 Å². The number of fused-ring (bicyclic) bond motifs is 1. The molecule has 1 N–H and O–H groups in total. The van der Waals surface area contributed by atoms with E-state index < -0.39 is 12.2 Å². The van der Waals surface area contributed by atoms with Gasteiger partial charge in [-0.1, -0.05) is 43.3 Å². The molecule has 5 rings (SSSR count). The fourth-order valence-electron chi connectivity index (χ4n) is 5.53. The quantitative estimate of drug-likeness (QED) is 0.241. The number of rotatable bonds is 7. The van der Waals surface area contributed by atoms with E-state index in [-0.39, 0.29) is 23.1 Å². The van der Waals surface area contributed by atoms with Crippen molar-refractivity contribution < 1.29 is 18.0 Å². The zero-order valence-electron chi connectivity index (χ0n) is 22.9. The maximum atomic E-state index is 15.0. The van der Waals surface area contributed by atoms with Gasteiger partial charge in [-0.05, 0) is 62.1 Å². The molecule has 0 radical (unpaired) electrons. The van der Waals surface area contributed by atoms with Crippen LogP contribution < -0.4 is 0 Å². The van der Waals surface area contributed by atoms with Gasteiger partial charge in [-0.15, -0.1) is 0 Å². The lowest BCUT2D eigenvalue weighted by molar-refractivity contribution is 0.0174. The number of carbonyl (C=O) groups excluding carboxylic acids is 1. The van der Waals surface area contributed by atoms with E-state index in [4.69, 9.17) is 10.4 Å². The van der Waals surface area contributed by atoms with E-state index >= 15 is 0 Å². The Morgan fingerprint density at radius 2 is 1.77 bits per heavy atom. The van der Waals surface area contributed by atoms with Gasteiger partial charge in [0.25, 0.3) is 11.8 Å². The highest BCUT2D eigenvalue weighted by Gasteiger charge is 2.30. The number of aromatic nitrogens is 2. The largest absolute Gasteiger partial charge is 0.339 e. The highest BCUT2D eigenvalue weighted by Crippen LogP contribution is 2.34. The predicted molar refractivity (Wildman–Crippen MR) is 151 cm³/mol. The zero-order chi connectivity index (χ0) is 28.6. The van der Waals surface area contributed by atoms with Crippen molar-refractivity contribution in [2.24, 2.45) is 0 Å². The van der Waals surface area contributed by atoms with Gasteiger partial charge in [0.05, 0.1) is 16.7 Å². The molecule has 1 aliphatic rings. The topological polar surface area (TPSA) is 62.0 Å². The fourth-order valence-corrected chi connectivity index (χ4v) is 5.53. The van der Waals surface area contributed by atoms with E-state index in [1.165, 1.54) is 18.2 Å². The number of alkyl halides is 3. The number of piperidine rings is 1. The van der Waals surface area contributed by atoms with E-state index in [0.29, 0.717) is 49.0 Å². The third-order valence-corrected chi connectivity index (χ3v) is 7.79. The molecule has 1 saturated heterocycles. The van der Waals surface area contributed by atoms with Crippen molar-refractivity contribution in [3.8, 4) is 0 Å². The number of benzene rings is 3. The van der Waals surface area contributed by atoms with Gasteiger partial charge in [-0.3, -0.25) is 14.8 Å². The van der Waals surface area contributed by atoms with Gasteiger partial charge in [-0.2, -0.15) is 0 Å². The monoisotopic (exact) mass is 546 g/mol. The van der Waals surface area contributed by atoms with Crippen LogP contribution in [0.15, 0.2) is 66.7 Å². The first-order valence-corrected chi connectivity index (χ1v) is 13.7. The molecule has 0 saturated carbocycles. The molecule has 1 aromatic heterocycles. The lowest BCUT2D eigenvalue weighted by Crippen LogP contribution is -2.38. The van der Waals surface area contributed by atoms with E-state index in [9.17, 15) is 18.0 Å². The van der Waals surface area contributed by atoms with Crippen LogP contribution in [0.25, 0.3) is 11.0 Å². The Labute approximate surface area is 232 Å². The molecule has 0 aliphatic carbocycles. The summed E-state index contributed by atoms with van der Waals surface area (Å²) in [5.41, 5.74) is 3.78. The van der Waals surface area contributed by atoms with E-state index in [1.54, 1.807) is 28.8 Å². The number of amides is 1. The lowest BCUT2D eigenvalue weighted by atomic mass is 9.93. The van der Waals surface area contributed by atoms with E-state index in [0.717, 1.165) is 29.3 Å². The second kappa shape index (κ2) is 10.9. The normalized spacial score (nSPS) is 15.4. The SMILES string of the molecule is CCC(F)n1c(C2CCN(C(=O)c3ccc(C(=N)c4cccc(C(C)(F)F)c4)c(C)c3)CC2)nc2ccccc21. The molecule has 3 aromatic carbocycles. The molecule has 1 unspecified atom stereocenters. The number of carbonyl (C=O) groups is 1. The number of imidazole rings is 1. The summed E-state index contributed by atoms with van der Waals surface area (Å²) < 4.78 is 44.3. The Kier molecular flexibility index (Phi) is 7.53. The van der Waals surface area contributed by atoms with Crippen LogP contribution in [0.3, 0.4) is 0 Å². The molecular weight excluding hydrogens is 513 g/mol. The molecule has 1 aliphatic heterocycles. The first kappa shape index (κ1) is 27.6. The zero-order valence-corrected chi connectivity index (χ0v) is 22.9. The van der Waals surface area contributed by atoms with Crippen molar-refractivity contribution >= 4 is 22.7 Å². The number of aryl methyl sites for hydroxylation is 1. The summed E-state index contributed by atoms with van der Waals surface area (Å²) in [6.45, 7) is 5.54. The molecule has 5 nitrogen and oxygen atoms in total. The van der Waals surface area contributed by atoms with Crippen molar-refractivity contribution in [3.63, 3.8) is 0 Å². The summed E-state index contributed by atoms with van der Waals surface area (Å²) in [6.07, 6.45) is 0.578. The number of para-hydroxylation sites is 2. The molecule has 208 valence electrons. The van der Waals surface area contributed by atoms with Crippen molar-refractivity contribution in [2.75, 3.05) is 13.1 Å². The van der Waals surface area contributed by atoms with Crippen molar-refractivity contribution in [2.45, 2.75) is 58.2 Å². The van der Waals surface area contributed by atoms with Crippen molar-refractivity contribution in [3.05, 3.63) is 100 Å². The molecule has 1 atom stereocenters. The van der Waals surface area contributed by atoms with Gasteiger partial charge < -0.3 is 4.90 Å². The maximum Gasteiger partial charge on any atom is 0.270 e. The Morgan fingerprint density at radius 3 is 2.45 bits per heavy atom. The van der Waals surface area contributed by atoms with E-state index in [1.807, 2.05) is 43.0 Å². The van der Waals surface area contributed by atoms with Crippen LogP contribution in [0.4, 0.5) is 13.2 Å². The number of hydrogen-bond acceptors (Lipinski definition) is 3. The average molecular weight is 547 g/mol. The standard InChI is InChI=1S/C32H33F3N4O/c1-4-28(33)39-27-11-6-5-10-26(27)37-30(39)21-14-16-38(17-15-21)31(40)23-12-13-25(20(2)18-23)29(36)22-8-7-9-24(19-22)32(3,34)35/h5-13,18-19,21,28,36H,4,14-17H2,1-3H3. The molecule has 1 fully saturated rings. The maximum absolute atomic E-state index is 15.0. The van der Waals surface area contributed by atoms with Gasteiger partial charge in [0.1, 0.15) is 5.82 Å². The predicted octanol–water partition coefficient (Wildman–Crippen LogP) is 7.77. The average Bonchev–Trinajstić information content (AvgIpc) is 3.35. The first-order chi connectivity index (χ1) is 19.1. The molecule has 40 heavy (non-hydrogen) atoms. The second-order valence-electron chi connectivity index (χ2n) is 10.6. The third kappa shape index (κ3) is 5.27. The second-order valence-corrected chi connectivity index (χ2v) is 10.6. The number of nitrogens with one attached hydrogen (secondary N) is 1. The Balaban J connectivity index is 1.30. The summed E-state index contributed by atoms with van der Waals surface area (Å²) in [6, 6.07) is 18.6. The van der Waals surface area contributed by atoms with E-state index in [2.05, 4.69) is 0 Å². The molecule has 0 bridgehead atoms. The minimum absolute atomic E-state index is 0.0529.